The maximum absolute atomic E-state index is 12.4. The molecule has 0 spiro atoms. The number of nitrogens with zero attached hydrogens (tertiary/aromatic N) is 3. The second-order valence-electron chi connectivity index (χ2n) is 6.74. The van der Waals surface area contributed by atoms with Crippen LogP contribution in [0.25, 0.3) is 11.3 Å². The lowest BCUT2D eigenvalue weighted by Gasteiger charge is -2.21. The Hall–Kier alpha value is -2.30. The molecule has 1 aromatic heterocycles. The van der Waals surface area contributed by atoms with Crippen LogP contribution in [0.15, 0.2) is 30.3 Å². The molecule has 0 radical (unpaired) electrons. The molecule has 5 heteroatoms. The zero-order valence-electron chi connectivity index (χ0n) is 14.7. The molecule has 2 heterocycles. The van der Waals surface area contributed by atoms with Gasteiger partial charge in [-0.15, -0.1) is 0 Å². The van der Waals surface area contributed by atoms with Crippen LogP contribution < -0.4 is 4.74 Å². The number of aryl methyl sites for hydroxylation is 1. The molecule has 0 N–H and O–H groups in total. The molecule has 0 bridgehead atoms. The van der Waals surface area contributed by atoms with Crippen molar-refractivity contribution in [2.75, 3.05) is 13.7 Å². The molecule has 1 aromatic carbocycles. The number of ether oxygens (including phenoxy) is 1. The topological polar surface area (TPSA) is 47.4 Å². The minimum absolute atomic E-state index is 0.239. The molecule has 0 saturated heterocycles. The van der Waals surface area contributed by atoms with Gasteiger partial charge in [-0.25, -0.2) is 0 Å². The van der Waals surface area contributed by atoms with Crippen molar-refractivity contribution in [1.29, 1.82) is 0 Å². The van der Waals surface area contributed by atoms with Gasteiger partial charge in [0.05, 0.1) is 25.0 Å². The van der Waals surface area contributed by atoms with Gasteiger partial charge in [0.1, 0.15) is 5.75 Å². The van der Waals surface area contributed by atoms with E-state index in [2.05, 4.69) is 19.9 Å². The number of carbonyl (C=O) groups excluding carboxylic acids is 1. The Kier molecular flexibility index (Phi) is 4.88. The number of rotatable bonds is 4. The third-order valence-corrected chi connectivity index (χ3v) is 4.32. The maximum Gasteiger partial charge on any atom is 0.223 e. The second-order valence-corrected chi connectivity index (χ2v) is 6.74. The molecule has 0 atom stereocenters. The number of amides is 1. The van der Waals surface area contributed by atoms with Crippen molar-refractivity contribution in [2.45, 2.75) is 39.8 Å². The van der Waals surface area contributed by atoms with E-state index in [9.17, 15) is 4.79 Å². The average Bonchev–Trinajstić information content (AvgIpc) is 2.86. The third-order valence-electron chi connectivity index (χ3n) is 4.32. The van der Waals surface area contributed by atoms with Crippen LogP contribution in [0.5, 0.6) is 5.75 Å². The summed E-state index contributed by atoms with van der Waals surface area (Å²) in [5, 5.41) is 4.73. The SMILES string of the molecule is COc1cccc(-c2cc3n(n2)CCCN(C(=O)CC(C)C)C3)c1. The zero-order chi connectivity index (χ0) is 17.1. The Balaban J connectivity index is 1.83. The van der Waals surface area contributed by atoms with Crippen LogP contribution in [-0.4, -0.2) is 34.2 Å². The highest BCUT2D eigenvalue weighted by Crippen LogP contribution is 2.25. The van der Waals surface area contributed by atoms with Crippen LogP contribution in [0.4, 0.5) is 0 Å². The minimum atomic E-state index is 0.239. The molecule has 0 fully saturated rings. The molecular formula is C19H25N3O2. The van der Waals surface area contributed by atoms with Crippen molar-refractivity contribution in [2.24, 2.45) is 5.92 Å². The molecule has 0 unspecified atom stereocenters. The number of hydrogen-bond donors (Lipinski definition) is 0. The lowest BCUT2D eigenvalue weighted by molar-refractivity contribution is -0.132. The first-order valence-corrected chi connectivity index (χ1v) is 8.55. The van der Waals surface area contributed by atoms with Crippen LogP contribution in [0.1, 0.15) is 32.4 Å². The predicted molar refractivity (Wildman–Crippen MR) is 93.7 cm³/mol. The third kappa shape index (κ3) is 3.61. The molecule has 3 rings (SSSR count). The summed E-state index contributed by atoms with van der Waals surface area (Å²) in [6.07, 6.45) is 1.55. The number of benzene rings is 1. The Morgan fingerprint density at radius 3 is 2.88 bits per heavy atom. The first-order valence-electron chi connectivity index (χ1n) is 8.55. The molecule has 0 aliphatic carbocycles. The molecule has 1 aliphatic heterocycles. The molecule has 128 valence electrons. The number of fused-ring (bicyclic) bond motifs is 1. The zero-order valence-corrected chi connectivity index (χ0v) is 14.7. The van der Waals surface area contributed by atoms with Gasteiger partial charge in [0.25, 0.3) is 0 Å². The number of hydrogen-bond acceptors (Lipinski definition) is 3. The average molecular weight is 327 g/mol. The first kappa shape index (κ1) is 16.6. The largest absolute Gasteiger partial charge is 0.497 e. The Bertz CT molecular complexity index is 721. The van der Waals surface area contributed by atoms with Gasteiger partial charge < -0.3 is 9.64 Å². The van der Waals surface area contributed by atoms with E-state index in [-0.39, 0.29) is 5.91 Å². The summed E-state index contributed by atoms with van der Waals surface area (Å²) < 4.78 is 7.34. The Morgan fingerprint density at radius 1 is 1.29 bits per heavy atom. The standard InChI is InChI=1S/C19H25N3O2/c1-14(2)10-19(23)21-8-5-9-22-16(13-21)12-18(20-22)15-6-4-7-17(11-15)24-3/h4,6-7,11-12,14H,5,8-10,13H2,1-3H3. The van der Waals surface area contributed by atoms with Crippen LogP contribution in [0.2, 0.25) is 0 Å². The van der Waals surface area contributed by atoms with Crippen molar-refractivity contribution in [1.82, 2.24) is 14.7 Å². The van der Waals surface area contributed by atoms with Crippen LogP contribution in [0.3, 0.4) is 0 Å². The van der Waals surface area contributed by atoms with Crippen LogP contribution >= 0.6 is 0 Å². The fraction of sp³-hybridized carbons (Fsp3) is 0.474. The highest BCUT2D eigenvalue weighted by atomic mass is 16.5. The fourth-order valence-electron chi connectivity index (χ4n) is 3.08. The molecule has 2 aromatic rings. The predicted octanol–water partition coefficient (Wildman–Crippen LogP) is 3.34. The van der Waals surface area contributed by atoms with Gasteiger partial charge in [0.15, 0.2) is 0 Å². The van der Waals surface area contributed by atoms with Gasteiger partial charge >= 0.3 is 0 Å². The number of carbonyl (C=O) groups is 1. The summed E-state index contributed by atoms with van der Waals surface area (Å²) in [5.74, 6) is 1.45. The summed E-state index contributed by atoms with van der Waals surface area (Å²) in [4.78, 5) is 14.4. The summed E-state index contributed by atoms with van der Waals surface area (Å²) in [7, 11) is 1.67. The van der Waals surface area contributed by atoms with Crippen molar-refractivity contribution >= 4 is 5.91 Å². The second kappa shape index (κ2) is 7.07. The van der Waals surface area contributed by atoms with Gasteiger partial charge in [-0.05, 0) is 30.5 Å². The van der Waals surface area contributed by atoms with Crippen LogP contribution in [-0.2, 0) is 17.9 Å². The lowest BCUT2D eigenvalue weighted by Crippen LogP contribution is -2.31. The Morgan fingerprint density at radius 2 is 2.12 bits per heavy atom. The summed E-state index contributed by atoms with van der Waals surface area (Å²) in [6, 6.07) is 10.0. The molecule has 1 amide bonds. The highest BCUT2D eigenvalue weighted by molar-refractivity contribution is 5.76. The smallest absolute Gasteiger partial charge is 0.223 e. The van der Waals surface area contributed by atoms with Crippen LogP contribution in [0, 0.1) is 5.92 Å². The number of aromatic nitrogens is 2. The first-order chi connectivity index (χ1) is 11.6. The molecule has 5 nitrogen and oxygen atoms in total. The fourth-order valence-corrected chi connectivity index (χ4v) is 3.08. The van der Waals surface area contributed by atoms with E-state index in [1.165, 1.54) is 0 Å². The van der Waals surface area contributed by atoms with E-state index in [0.29, 0.717) is 18.9 Å². The van der Waals surface area contributed by atoms with E-state index in [1.54, 1.807) is 7.11 Å². The van der Waals surface area contributed by atoms with Gasteiger partial charge in [0.2, 0.25) is 5.91 Å². The highest BCUT2D eigenvalue weighted by Gasteiger charge is 2.21. The quantitative estimate of drug-likeness (QED) is 0.865. The Labute approximate surface area is 143 Å². The van der Waals surface area contributed by atoms with E-state index in [4.69, 9.17) is 9.84 Å². The molecule has 0 saturated carbocycles. The van der Waals surface area contributed by atoms with Gasteiger partial charge in [0, 0.05) is 25.1 Å². The van der Waals surface area contributed by atoms with Gasteiger partial charge in [-0.2, -0.15) is 5.10 Å². The van der Waals surface area contributed by atoms with Crippen molar-refractivity contribution < 1.29 is 9.53 Å². The van der Waals surface area contributed by atoms with Gasteiger partial charge in [-0.1, -0.05) is 26.0 Å². The monoisotopic (exact) mass is 327 g/mol. The summed E-state index contributed by atoms with van der Waals surface area (Å²) >= 11 is 0. The lowest BCUT2D eigenvalue weighted by atomic mass is 10.1. The van der Waals surface area contributed by atoms with Crippen molar-refractivity contribution in [3.05, 3.63) is 36.0 Å². The van der Waals surface area contributed by atoms with E-state index >= 15 is 0 Å². The van der Waals surface area contributed by atoms with E-state index in [0.717, 1.165) is 42.2 Å². The van der Waals surface area contributed by atoms with Gasteiger partial charge in [-0.3, -0.25) is 9.48 Å². The summed E-state index contributed by atoms with van der Waals surface area (Å²) in [6.45, 7) is 6.47. The molecule has 24 heavy (non-hydrogen) atoms. The maximum atomic E-state index is 12.4. The molecule has 1 aliphatic rings. The number of methoxy groups -OCH3 is 1. The van der Waals surface area contributed by atoms with E-state index in [1.807, 2.05) is 33.8 Å². The normalized spacial score (nSPS) is 14.4. The minimum Gasteiger partial charge on any atom is -0.497 e. The van der Waals surface area contributed by atoms with Crippen molar-refractivity contribution in [3.8, 4) is 17.0 Å². The van der Waals surface area contributed by atoms with Crippen molar-refractivity contribution in [3.63, 3.8) is 0 Å². The van der Waals surface area contributed by atoms with E-state index < -0.39 is 0 Å². The molecular weight excluding hydrogens is 302 g/mol. The summed E-state index contributed by atoms with van der Waals surface area (Å²) in [5.41, 5.74) is 3.07.